The Morgan fingerprint density at radius 3 is 2.77 bits per heavy atom. The smallest absolute Gasteiger partial charge is 0.378 e. The maximum Gasteiger partial charge on any atom is 0.419 e. The van der Waals surface area contributed by atoms with Crippen molar-refractivity contribution in [3.05, 3.63) is 30.1 Å². The van der Waals surface area contributed by atoms with Crippen LogP contribution in [0, 0.1) is 11.8 Å². The average Bonchev–Trinajstić information content (AvgIpc) is 3.51. The second kappa shape index (κ2) is 8.94. The topological polar surface area (TPSA) is 91.0 Å². The molecule has 2 saturated heterocycles. The molecule has 5 heterocycles. The second-order valence-corrected chi connectivity index (χ2v) is 9.58. The fraction of sp³-hybridized carbons (Fsp3) is 0.542. The zero-order chi connectivity index (χ0) is 24.0. The van der Waals surface area contributed by atoms with E-state index in [1.807, 2.05) is 12.1 Å². The van der Waals surface area contributed by atoms with E-state index in [0.29, 0.717) is 41.6 Å². The Morgan fingerprint density at radius 1 is 1.09 bits per heavy atom. The minimum Gasteiger partial charge on any atom is -0.378 e. The molecule has 3 atom stereocenters. The number of H-pyrrole nitrogens is 1. The number of halogens is 3. The molecule has 6 rings (SSSR count). The van der Waals surface area contributed by atoms with Crippen molar-refractivity contribution in [1.29, 1.82) is 0 Å². The van der Waals surface area contributed by atoms with Gasteiger partial charge >= 0.3 is 6.18 Å². The van der Waals surface area contributed by atoms with Gasteiger partial charge in [-0.05, 0) is 43.4 Å². The third kappa shape index (κ3) is 4.31. The molecular formula is C24H28F3N7O. The van der Waals surface area contributed by atoms with Crippen molar-refractivity contribution in [2.24, 2.45) is 11.8 Å². The van der Waals surface area contributed by atoms with Crippen LogP contribution in [0.15, 0.2) is 24.5 Å². The summed E-state index contributed by atoms with van der Waals surface area (Å²) in [5.41, 5.74) is -0.107. The molecule has 8 nitrogen and oxygen atoms in total. The zero-order valence-corrected chi connectivity index (χ0v) is 19.2. The number of pyridine rings is 1. The number of fused-ring (bicyclic) bond motifs is 2. The highest BCUT2D eigenvalue weighted by Crippen LogP contribution is 2.39. The van der Waals surface area contributed by atoms with Gasteiger partial charge in [0.05, 0.1) is 18.9 Å². The van der Waals surface area contributed by atoms with Crippen LogP contribution in [0.2, 0.25) is 0 Å². The van der Waals surface area contributed by atoms with E-state index in [9.17, 15) is 13.2 Å². The number of hydrogen-bond acceptors (Lipinski definition) is 7. The van der Waals surface area contributed by atoms with E-state index >= 15 is 0 Å². The van der Waals surface area contributed by atoms with Crippen molar-refractivity contribution in [3.63, 3.8) is 0 Å². The Morgan fingerprint density at radius 2 is 1.94 bits per heavy atom. The molecule has 3 aromatic heterocycles. The van der Waals surface area contributed by atoms with Crippen molar-refractivity contribution in [1.82, 2.24) is 25.3 Å². The summed E-state index contributed by atoms with van der Waals surface area (Å²) in [5.74, 6) is 2.04. The van der Waals surface area contributed by atoms with Gasteiger partial charge < -0.3 is 25.3 Å². The van der Waals surface area contributed by atoms with Crippen molar-refractivity contribution in [2.75, 3.05) is 49.6 Å². The largest absolute Gasteiger partial charge is 0.419 e. The van der Waals surface area contributed by atoms with E-state index in [2.05, 4.69) is 35.5 Å². The zero-order valence-electron chi connectivity index (χ0n) is 19.2. The van der Waals surface area contributed by atoms with E-state index < -0.39 is 11.7 Å². The fourth-order valence-corrected chi connectivity index (χ4v) is 5.72. The molecule has 35 heavy (non-hydrogen) atoms. The first-order valence-corrected chi connectivity index (χ1v) is 12.2. The molecule has 3 N–H and O–H groups in total. The summed E-state index contributed by atoms with van der Waals surface area (Å²) >= 11 is 0. The molecule has 0 radical (unpaired) electrons. The molecule has 0 aromatic carbocycles. The van der Waals surface area contributed by atoms with Crippen LogP contribution in [0.4, 0.5) is 24.9 Å². The van der Waals surface area contributed by atoms with Gasteiger partial charge in [-0.25, -0.2) is 15.0 Å². The van der Waals surface area contributed by atoms with Gasteiger partial charge in [-0.1, -0.05) is 6.42 Å². The van der Waals surface area contributed by atoms with Crippen LogP contribution in [0.3, 0.4) is 0 Å². The molecule has 3 fully saturated rings. The molecule has 11 heteroatoms. The summed E-state index contributed by atoms with van der Waals surface area (Å²) in [6.07, 6.45) is 1.11. The van der Waals surface area contributed by atoms with Crippen molar-refractivity contribution in [2.45, 2.75) is 31.5 Å². The lowest BCUT2D eigenvalue weighted by atomic mass is 9.78. The van der Waals surface area contributed by atoms with E-state index in [1.165, 1.54) is 6.42 Å². The minimum atomic E-state index is -4.58. The number of nitrogens with one attached hydrogen (secondary N) is 3. The second-order valence-electron chi connectivity index (χ2n) is 9.58. The average molecular weight is 488 g/mol. The number of rotatable bonds is 4. The van der Waals surface area contributed by atoms with Gasteiger partial charge in [0.1, 0.15) is 17.0 Å². The quantitative estimate of drug-likeness (QED) is 0.517. The van der Waals surface area contributed by atoms with Crippen LogP contribution < -0.4 is 15.5 Å². The number of alkyl halides is 3. The van der Waals surface area contributed by atoms with E-state index in [1.54, 1.807) is 6.20 Å². The van der Waals surface area contributed by atoms with Crippen molar-refractivity contribution >= 4 is 22.8 Å². The molecule has 3 aliphatic rings. The van der Waals surface area contributed by atoms with E-state index in [-0.39, 0.29) is 17.7 Å². The first-order valence-electron chi connectivity index (χ1n) is 12.2. The third-order valence-corrected chi connectivity index (χ3v) is 7.52. The highest BCUT2D eigenvalue weighted by atomic mass is 19.4. The van der Waals surface area contributed by atoms with Crippen molar-refractivity contribution < 1.29 is 17.9 Å². The molecule has 1 aliphatic carbocycles. The molecule has 0 amide bonds. The number of anilines is 2. The van der Waals surface area contributed by atoms with Crippen LogP contribution in [-0.2, 0) is 10.9 Å². The highest BCUT2D eigenvalue weighted by molar-refractivity contribution is 5.94. The van der Waals surface area contributed by atoms with Crippen LogP contribution >= 0.6 is 0 Å². The maximum absolute atomic E-state index is 14.0. The minimum absolute atomic E-state index is 0.140. The number of nitrogens with zero attached hydrogens (tertiary/aromatic N) is 4. The van der Waals surface area contributed by atoms with E-state index in [4.69, 9.17) is 4.74 Å². The third-order valence-electron chi connectivity index (χ3n) is 7.52. The lowest BCUT2D eigenvalue weighted by molar-refractivity contribution is -0.137. The molecule has 0 bridgehead atoms. The van der Waals surface area contributed by atoms with Gasteiger partial charge in [0, 0.05) is 49.0 Å². The predicted octanol–water partition coefficient (Wildman–Crippen LogP) is 3.68. The molecule has 186 valence electrons. The highest BCUT2D eigenvalue weighted by Gasteiger charge is 2.38. The number of aromatic nitrogens is 4. The number of morpholine rings is 1. The summed E-state index contributed by atoms with van der Waals surface area (Å²) in [6, 6.07) is 3.80. The number of aromatic amines is 1. The van der Waals surface area contributed by atoms with Gasteiger partial charge in [-0.3, -0.25) is 0 Å². The molecular weight excluding hydrogens is 459 g/mol. The standard InChI is InChI=1S/C24H28F3N7O/c25-24(26,27)18-13-30-23(31-19-3-1-2-14-10-28-11-16(14)19)33-21(18)17-12-29-22-15(17)4-5-20(32-22)34-6-8-35-9-7-34/h4-5,12-14,16,19,28H,1-3,6-11H2,(H,29,32)(H,30,31,33)/t14-,16+,19-/m1/s1. The summed E-state index contributed by atoms with van der Waals surface area (Å²) in [7, 11) is 0. The van der Waals surface area contributed by atoms with Gasteiger partial charge in [0.25, 0.3) is 0 Å². The maximum atomic E-state index is 14.0. The van der Waals surface area contributed by atoms with Crippen LogP contribution in [-0.4, -0.2) is 65.4 Å². The lowest BCUT2D eigenvalue weighted by Crippen LogP contribution is -2.38. The van der Waals surface area contributed by atoms with Crippen molar-refractivity contribution in [3.8, 4) is 11.3 Å². The molecule has 3 aromatic rings. The summed E-state index contributed by atoms with van der Waals surface area (Å²) < 4.78 is 47.3. The summed E-state index contributed by atoms with van der Waals surface area (Å²) in [5, 5.41) is 7.39. The Labute approximate surface area is 200 Å². The van der Waals surface area contributed by atoms with Gasteiger partial charge in [-0.2, -0.15) is 13.2 Å². The van der Waals surface area contributed by atoms with Gasteiger partial charge in [-0.15, -0.1) is 0 Å². The Hall–Kier alpha value is -2.92. The van der Waals surface area contributed by atoms with Crippen LogP contribution in [0.1, 0.15) is 24.8 Å². The fourth-order valence-electron chi connectivity index (χ4n) is 5.72. The molecule has 0 unspecified atom stereocenters. The molecule has 2 aliphatic heterocycles. The van der Waals surface area contributed by atoms with Crippen LogP contribution in [0.25, 0.3) is 22.3 Å². The first kappa shape index (κ1) is 22.5. The van der Waals surface area contributed by atoms with Gasteiger partial charge in [0.15, 0.2) is 0 Å². The van der Waals surface area contributed by atoms with Crippen LogP contribution in [0.5, 0.6) is 0 Å². The Kier molecular flexibility index (Phi) is 5.76. The van der Waals surface area contributed by atoms with Gasteiger partial charge in [0.2, 0.25) is 5.95 Å². The molecule has 0 spiro atoms. The molecule has 1 saturated carbocycles. The van der Waals surface area contributed by atoms with E-state index in [0.717, 1.165) is 51.0 Å². The first-order chi connectivity index (χ1) is 17.0. The normalized spacial score (nSPS) is 25.1. The number of hydrogen-bond donors (Lipinski definition) is 3. The summed E-state index contributed by atoms with van der Waals surface area (Å²) in [6.45, 7) is 4.61. The predicted molar refractivity (Wildman–Crippen MR) is 126 cm³/mol. The summed E-state index contributed by atoms with van der Waals surface area (Å²) in [4.78, 5) is 18.3. The monoisotopic (exact) mass is 487 g/mol. The Bertz CT molecular complexity index is 1210. The Balaban J connectivity index is 1.35. The SMILES string of the molecule is FC(F)(F)c1cnc(N[C@@H]2CCC[C@@H]3CNC[C@@H]32)nc1-c1c[nH]c2nc(N3CCOCC3)ccc12. The number of ether oxygens (including phenoxy) is 1. The lowest BCUT2D eigenvalue weighted by Gasteiger charge is -2.33.